The largest absolute Gasteiger partial charge is 0.458 e. The molecule has 0 bridgehead atoms. The van der Waals surface area contributed by atoms with Crippen molar-refractivity contribution in [1.82, 2.24) is 0 Å². The van der Waals surface area contributed by atoms with Crippen LogP contribution in [0.25, 0.3) is 54.6 Å². The molecule has 4 nitrogen and oxygen atoms in total. The van der Waals surface area contributed by atoms with Crippen LogP contribution < -0.4 is 36.9 Å². The maximum Gasteiger partial charge on any atom is 0.260 e. The highest BCUT2D eigenvalue weighted by Crippen LogP contribution is 2.45. The van der Waals surface area contributed by atoms with Crippen molar-refractivity contribution in [2.24, 2.45) is 0 Å². The van der Waals surface area contributed by atoms with E-state index in [1.54, 1.807) is 0 Å². The van der Waals surface area contributed by atoms with Crippen molar-refractivity contribution < 1.29 is 9.47 Å². The fourth-order valence-corrected chi connectivity index (χ4v) is 9.99. The predicted molar refractivity (Wildman–Crippen MR) is 227 cm³/mol. The second-order valence-corrected chi connectivity index (χ2v) is 15.6. The summed E-state index contributed by atoms with van der Waals surface area (Å²) in [5.41, 5.74) is 22.9. The molecular weight excluding hydrogens is 671 g/mol. The highest BCUT2D eigenvalue weighted by atomic mass is 16.5. The number of nitrogens with two attached hydrogens (primary N) is 1. The van der Waals surface area contributed by atoms with Gasteiger partial charge in [-0.1, -0.05) is 78.9 Å². The van der Waals surface area contributed by atoms with Crippen molar-refractivity contribution >= 4 is 72.5 Å². The third kappa shape index (κ3) is 4.18. The van der Waals surface area contributed by atoms with Gasteiger partial charge in [-0.05, 0) is 162 Å². The third-order valence-electron chi connectivity index (χ3n) is 12.4. The molecule has 2 aliphatic heterocycles. The van der Waals surface area contributed by atoms with Crippen molar-refractivity contribution in [1.29, 1.82) is 0 Å². The number of rotatable bonds is 2. The van der Waals surface area contributed by atoms with Crippen LogP contribution in [0.3, 0.4) is 0 Å². The summed E-state index contributed by atoms with van der Waals surface area (Å²) < 4.78 is 13.4. The summed E-state index contributed by atoms with van der Waals surface area (Å²) in [6, 6.07) is 52.8. The van der Waals surface area contributed by atoms with Crippen LogP contribution in [0.5, 0.6) is 23.0 Å². The van der Waals surface area contributed by atoms with Gasteiger partial charge in [-0.25, -0.2) is 0 Å². The molecular formula is C50H31BN2O2. The Labute approximate surface area is 317 Å². The van der Waals surface area contributed by atoms with Gasteiger partial charge in [0.05, 0.1) is 0 Å². The average Bonchev–Trinajstić information content (AvgIpc) is 3.74. The zero-order valence-electron chi connectivity index (χ0n) is 29.7. The quantitative estimate of drug-likeness (QED) is 0.0815. The van der Waals surface area contributed by atoms with Crippen LogP contribution in [-0.2, 0) is 12.8 Å². The van der Waals surface area contributed by atoms with Crippen LogP contribution >= 0.6 is 0 Å². The molecule has 0 spiro atoms. The first-order valence-corrected chi connectivity index (χ1v) is 19.1. The molecule has 0 saturated carbocycles. The highest BCUT2D eigenvalue weighted by molar-refractivity contribution is 6.98. The molecule has 0 fully saturated rings. The van der Waals surface area contributed by atoms with Gasteiger partial charge in [0.1, 0.15) is 23.0 Å². The first kappa shape index (κ1) is 29.5. The van der Waals surface area contributed by atoms with Crippen molar-refractivity contribution in [3.05, 3.63) is 168 Å². The highest BCUT2D eigenvalue weighted by Gasteiger charge is 2.42. The molecule has 0 radical (unpaired) electrons. The van der Waals surface area contributed by atoms with Crippen molar-refractivity contribution in [2.75, 3.05) is 11.1 Å². The topological polar surface area (TPSA) is 56.5 Å². The minimum atomic E-state index is 0.0160. The van der Waals surface area contributed by atoms with E-state index in [-0.39, 0.29) is 6.71 Å². The summed E-state index contributed by atoms with van der Waals surface area (Å²) in [6.07, 6.45) is 1.73. The van der Waals surface area contributed by atoms with Crippen molar-refractivity contribution in [2.45, 2.75) is 12.8 Å². The van der Waals surface area contributed by atoms with Crippen LogP contribution in [0.15, 0.2) is 146 Å². The van der Waals surface area contributed by atoms with E-state index < -0.39 is 0 Å². The lowest BCUT2D eigenvalue weighted by Gasteiger charge is -2.33. The molecule has 3 N–H and O–H groups in total. The normalized spacial score (nSPS) is 13.6. The van der Waals surface area contributed by atoms with E-state index in [1.165, 1.54) is 87.8 Å². The molecule has 0 aromatic heterocycles. The summed E-state index contributed by atoms with van der Waals surface area (Å²) in [5.74, 6) is 3.57. The molecule has 2 heterocycles. The van der Waals surface area contributed by atoms with Gasteiger partial charge in [0.2, 0.25) is 0 Å². The maximum atomic E-state index is 6.74. The molecule has 0 saturated heterocycles. The first-order valence-electron chi connectivity index (χ1n) is 19.1. The van der Waals surface area contributed by atoms with Gasteiger partial charge in [0, 0.05) is 27.9 Å². The number of benzene rings is 9. The Morgan fingerprint density at radius 3 is 1.84 bits per heavy atom. The summed E-state index contributed by atoms with van der Waals surface area (Å²) in [5, 5.41) is 11.3. The molecule has 5 heteroatoms. The van der Waals surface area contributed by atoms with E-state index in [0.717, 1.165) is 58.4 Å². The van der Waals surface area contributed by atoms with E-state index in [4.69, 9.17) is 15.2 Å². The summed E-state index contributed by atoms with van der Waals surface area (Å²) in [4.78, 5) is 0. The third-order valence-corrected chi connectivity index (χ3v) is 12.4. The fraction of sp³-hybridized carbons (Fsp3) is 0.0400. The fourth-order valence-electron chi connectivity index (χ4n) is 9.99. The molecule has 2 aliphatic carbocycles. The van der Waals surface area contributed by atoms with Crippen molar-refractivity contribution in [3.8, 4) is 45.3 Å². The van der Waals surface area contributed by atoms with Crippen LogP contribution in [0.4, 0.5) is 17.1 Å². The smallest absolute Gasteiger partial charge is 0.260 e. The summed E-state index contributed by atoms with van der Waals surface area (Å²) >= 11 is 0. The molecule has 0 atom stereocenters. The van der Waals surface area contributed by atoms with Crippen LogP contribution in [0.2, 0.25) is 0 Å². The van der Waals surface area contributed by atoms with Gasteiger partial charge in [0.15, 0.2) is 0 Å². The van der Waals surface area contributed by atoms with E-state index >= 15 is 0 Å². The molecule has 13 rings (SSSR count). The van der Waals surface area contributed by atoms with E-state index in [0.29, 0.717) is 0 Å². The average molecular weight is 703 g/mol. The molecule has 55 heavy (non-hydrogen) atoms. The molecule has 256 valence electrons. The molecule has 4 aliphatic rings. The van der Waals surface area contributed by atoms with Crippen LogP contribution in [-0.4, -0.2) is 6.71 Å². The van der Waals surface area contributed by atoms with Crippen LogP contribution in [0, 0.1) is 0 Å². The monoisotopic (exact) mass is 702 g/mol. The SMILES string of the molecule is Nc1ccc2c(c1)Cc1cc3c(cc1-2)Oc1cccc2c1B3c1cc3c(cc1O2)-c1ccc(Nc2cccc4ccc5cc6ccccc6cc5c24)cc1C3. The minimum Gasteiger partial charge on any atom is -0.458 e. The number of nitrogens with one attached hydrogen (secondary N) is 1. The summed E-state index contributed by atoms with van der Waals surface area (Å²) in [6.45, 7) is 0.0160. The van der Waals surface area contributed by atoms with E-state index in [9.17, 15) is 0 Å². The second-order valence-electron chi connectivity index (χ2n) is 15.6. The minimum absolute atomic E-state index is 0.0160. The predicted octanol–water partition coefficient (Wildman–Crippen LogP) is 10.3. The molecule has 9 aromatic carbocycles. The van der Waals surface area contributed by atoms with Gasteiger partial charge in [0.25, 0.3) is 6.71 Å². The molecule has 9 aromatic rings. The number of nitrogen functional groups attached to an aromatic ring is 1. The zero-order chi connectivity index (χ0) is 35.9. The van der Waals surface area contributed by atoms with Gasteiger partial charge in [-0.3, -0.25) is 0 Å². The lowest BCUT2D eigenvalue weighted by Crippen LogP contribution is -2.57. The lowest BCUT2D eigenvalue weighted by molar-refractivity contribution is 0.464. The number of ether oxygens (including phenoxy) is 2. The number of hydrogen-bond acceptors (Lipinski definition) is 4. The van der Waals surface area contributed by atoms with Crippen LogP contribution in [0.1, 0.15) is 22.3 Å². The van der Waals surface area contributed by atoms with Gasteiger partial charge >= 0.3 is 0 Å². The Morgan fingerprint density at radius 1 is 0.473 bits per heavy atom. The Balaban J connectivity index is 0.891. The Bertz CT molecular complexity index is 3220. The number of hydrogen-bond donors (Lipinski definition) is 2. The van der Waals surface area contributed by atoms with E-state index in [2.05, 4.69) is 139 Å². The Hall–Kier alpha value is -6.98. The van der Waals surface area contributed by atoms with E-state index in [1.807, 2.05) is 12.1 Å². The maximum absolute atomic E-state index is 6.74. The Kier molecular flexibility index (Phi) is 5.67. The number of anilines is 3. The summed E-state index contributed by atoms with van der Waals surface area (Å²) in [7, 11) is 0. The Morgan fingerprint density at radius 2 is 1.09 bits per heavy atom. The first-order chi connectivity index (χ1) is 27.1. The van der Waals surface area contributed by atoms with Gasteiger partial charge in [-0.15, -0.1) is 0 Å². The molecule has 0 amide bonds. The standard InChI is InChI=1S/C50H31BN2O2/c52-35-13-15-37-31(20-35)18-33-23-42-47(25-39(33)37)54-45-9-4-10-46-50(45)51(42)43-24-34-19-32-21-36(14-16-38(32)40(34)26-48(43)55-46)53-44-8-3-7-27-11-12-30-17-28-5-1-2-6-29(28)22-41(30)49(27)44/h1-17,20-26,53H,18-19,52H2. The number of fused-ring (bicyclic) bond motifs is 14. The van der Waals surface area contributed by atoms with Crippen molar-refractivity contribution in [3.63, 3.8) is 0 Å². The van der Waals surface area contributed by atoms with Gasteiger partial charge in [-0.2, -0.15) is 0 Å². The molecule has 0 unspecified atom stereocenters. The van der Waals surface area contributed by atoms with Gasteiger partial charge < -0.3 is 20.5 Å². The lowest BCUT2D eigenvalue weighted by atomic mass is 9.34. The second kappa shape index (κ2) is 10.6. The zero-order valence-corrected chi connectivity index (χ0v) is 29.7.